The first-order chi connectivity index (χ1) is 23.2. The number of methoxy groups -OCH3 is 2. The smallest absolute Gasteiger partial charge is 0.350 e. The molecule has 1 aliphatic rings. The third-order valence-corrected chi connectivity index (χ3v) is 8.78. The Morgan fingerprint density at radius 2 is 1.73 bits per heavy atom. The van der Waals surface area contributed by atoms with E-state index >= 15 is 0 Å². The number of carbonyl (C=O) groups is 2. The fourth-order valence-electron chi connectivity index (χ4n) is 4.40. The molecule has 0 fully saturated rings. The maximum absolute atomic E-state index is 12.5. The van der Waals surface area contributed by atoms with E-state index in [-0.39, 0.29) is 30.0 Å². The van der Waals surface area contributed by atoms with Crippen LogP contribution in [0.2, 0.25) is 15.2 Å². The van der Waals surface area contributed by atoms with Crippen molar-refractivity contribution in [2.75, 3.05) is 26.1 Å². The topological polar surface area (TPSA) is 224 Å². The number of hydrogen-bond acceptors (Lipinski definition) is 12. The minimum absolute atomic E-state index is 0.0478. The number of carboxylic acid groups (broad SMARTS) is 1. The second kappa shape index (κ2) is 15.5. The van der Waals surface area contributed by atoms with Gasteiger partial charge in [0.25, 0.3) is 10.0 Å². The maximum atomic E-state index is 12.5. The van der Waals surface area contributed by atoms with Crippen molar-refractivity contribution in [3.05, 3.63) is 55.3 Å². The van der Waals surface area contributed by atoms with Crippen LogP contribution in [-0.2, 0) is 30.0 Å². The van der Waals surface area contributed by atoms with Crippen LogP contribution in [0.25, 0.3) is 5.69 Å². The second-order valence-corrected chi connectivity index (χ2v) is 12.5. The normalized spacial score (nSPS) is 12.1. The number of fused-ring (bicyclic) bond motifs is 1. The van der Waals surface area contributed by atoms with Crippen molar-refractivity contribution >= 4 is 62.8 Å². The molecule has 1 aromatic carbocycles. The van der Waals surface area contributed by atoms with E-state index in [9.17, 15) is 22.8 Å². The number of nitrogens with zero attached hydrogens (tertiary/aromatic N) is 7. The molecule has 1 aliphatic heterocycles. The van der Waals surface area contributed by atoms with Crippen LogP contribution in [0.5, 0.6) is 17.5 Å². The van der Waals surface area contributed by atoms with Crippen molar-refractivity contribution in [2.45, 2.75) is 30.8 Å². The molecule has 0 atom stereocenters. The van der Waals surface area contributed by atoms with E-state index in [2.05, 4.69) is 31.4 Å². The summed E-state index contributed by atoms with van der Waals surface area (Å²) >= 11 is 17.9. The summed E-state index contributed by atoms with van der Waals surface area (Å²) in [7, 11) is -0.858. The number of benzene rings is 1. The van der Waals surface area contributed by atoms with E-state index in [1.807, 2.05) is 0 Å². The summed E-state index contributed by atoms with van der Waals surface area (Å²) in [6, 6.07) is 3.17. The van der Waals surface area contributed by atoms with Gasteiger partial charge in [0, 0.05) is 26.1 Å². The molecule has 0 saturated heterocycles. The fraction of sp³-hybridized carbons (Fsp3) is 0.296. The average molecular weight is 759 g/mol. The van der Waals surface area contributed by atoms with Gasteiger partial charge in [-0.2, -0.15) is 28.2 Å². The summed E-state index contributed by atoms with van der Waals surface area (Å²) in [5.41, 5.74) is -0.550. The van der Waals surface area contributed by atoms with Gasteiger partial charge in [0.1, 0.15) is 23.7 Å². The largest absolute Gasteiger partial charge is 0.481 e. The van der Waals surface area contributed by atoms with Crippen molar-refractivity contribution in [3.63, 3.8) is 0 Å². The number of carbonyl (C=O) groups excluding carboxylic acids is 1. The van der Waals surface area contributed by atoms with Gasteiger partial charge < -0.3 is 19.3 Å². The standard InChI is InChI=1S/C15H13Cl2N3O2.C12H13ClN6O7S/c1-2-7-22-13-9-12(10(16)8-11(13)17)20-15(21)19-6-4-3-5-14(19)18-20;1-19-9(7(10(20)21)8(13)17-19)27(23,24)18-12(22)16-11-14-5(25-2)4-6(15-11)26-3/h1,8-9H,3-7H2;4H,1-3H3,(H,20,21)(H2,14,15,16,18,22). The molecule has 0 aliphatic carbocycles. The van der Waals surface area contributed by atoms with Crippen LogP contribution < -0.4 is 29.9 Å². The number of sulfonamides is 1. The average Bonchev–Trinajstić information content (AvgIpc) is 3.55. The molecule has 22 heteroatoms. The number of halogens is 3. The van der Waals surface area contributed by atoms with Crippen molar-refractivity contribution in [2.24, 2.45) is 7.05 Å². The van der Waals surface area contributed by atoms with Crippen molar-refractivity contribution in [1.82, 2.24) is 38.8 Å². The third-order valence-electron chi connectivity index (χ3n) is 6.48. The van der Waals surface area contributed by atoms with E-state index in [0.717, 1.165) is 32.1 Å². The highest BCUT2D eigenvalue weighted by molar-refractivity contribution is 7.90. The molecule has 18 nitrogen and oxygen atoms in total. The number of urea groups is 1. The van der Waals surface area contributed by atoms with Gasteiger partial charge >= 0.3 is 17.7 Å². The molecule has 3 aromatic heterocycles. The highest BCUT2D eigenvalue weighted by Gasteiger charge is 2.32. The number of terminal acetylenes is 1. The SMILES string of the molecule is C#CCOc1cc(-n2nc3n(c2=O)CCCC3)c(Cl)cc1Cl.COc1cc(OC)nc(NC(=O)NS(=O)(=O)c2c(C(=O)O)c(Cl)nn2C)n1. The molecule has 5 rings (SSSR count). The lowest BCUT2D eigenvalue weighted by molar-refractivity contribution is 0.0692. The van der Waals surface area contributed by atoms with Crippen LogP contribution >= 0.6 is 34.8 Å². The summed E-state index contributed by atoms with van der Waals surface area (Å²) in [6.45, 7) is 0.759. The quantitative estimate of drug-likeness (QED) is 0.209. The molecular weight excluding hydrogens is 733 g/mol. The zero-order valence-corrected chi connectivity index (χ0v) is 28.8. The lowest BCUT2D eigenvalue weighted by Gasteiger charge is -2.10. The number of anilines is 1. The molecule has 0 bridgehead atoms. The van der Waals surface area contributed by atoms with Gasteiger partial charge in [-0.3, -0.25) is 14.6 Å². The molecule has 260 valence electrons. The predicted molar refractivity (Wildman–Crippen MR) is 175 cm³/mol. The molecule has 49 heavy (non-hydrogen) atoms. The zero-order valence-electron chi connectivity index (χ0n) is 25.7. The Morgan fingerprint density at radius 3 is 2.33 bits per heavy atom. The fourth-order valence-corrected chi connectivity index (χ4v) is 6.49. The Balaban J connectivity index is 0.000000225. The van der Waals surface area contributed by atoms with Gasteiger partial charge in [0.2, 0.25) is 17.7 Å². The first-order valence-corrected chi connectivity index (χ1v) is 16.3. The van der Waals surface area contributed by atoms with E-state index in [1.165, 1.54) is 31.0 Å². The summed E-state index contributed by atoms with van der Waals surface area (Å²) in [5.74, 6) is 1.66. The molecule has 4 aromatic rings. The zero-order chi connectivity index (χ0) is 36.0. The summed E-state index contributed by atoms with van der Waals surface area (Å²) in [4.78, 5) is 43.3. The maximum Gasteiger partial charge on any atom is 0.350 e. The summed E-state index contributed by atoms with van der Waals surface area (Å²) in [6.07, 6.45) is 7.97. The van der Waals surface area contributed by atoms with Gasteiger partial charge in [-0.1, -0.05) is 40.7 Å². The lowest BCUT2D eigenvalue weighted by atomic mass is 10.2. The molecule has 0 saturated carbocycles. The van der Waals surface area contributed by atoms with Gasteiger partial charge in [-0.15, -0.1) is 11.5 Å². The number of rotatable bonds is 9. The van der Waals surface area contributed by atoms with E-state index in [4.69, 9.17) is 60.5 Å². The molecule has 4 heterocycles. The summed E-state index contributed by atoms with van der Waals surface area (Å²) in [5, 5.41) is 18.4. The number of aromatic nitrogens is 7. The Morgan fingerprint density at radius 1 is 1.06 bits per heavy atom. The Hall–Kier alpha value is -5.03. The minimum atomic E-state index is -4.64. The number of nitrogens with one attached hydrogen (secondary N) is 2. The van der Waals surface area contributed by atoms with E-state index in [0.29, 0.717) is 32.7 Å². The number of ether oxygens (including phenoxy) is 3. The molecule has 2 amide bonds. The van der Waals surface area contributed by atoms with Gasteiger partial charge in [-0.05, 0) is 18.9 Å². The number of aromatic carboxylic acids is 1. The molecule has 0 unspecified atom stereocenters. The van der Waals surface area contributed by atoms with Crippen LogP contribution in [-0.4, -0.2) is 80.4 Å². The van der Waals surface area contributed by atoms with E-state index < -0.39 is 37.8 Å². The van der Waals surface area contributed by atoms with Crippen LogP contribution in [0.15, 0.2) is 28.0 Å². The van der Waals surface area contributed by atoms with Crippen LogP contribution in [0, 0.1) is 12.3 Å². The summed E-state index contributed by atoms with van der Waals surface area (Å²) < 4.78 is 45.3. The number of hydrogen-bond donors (Lipinski definition) is 3. The Bertz CT molecular complexity index is 2100. The Labute approximate surface area is 292 Å². The van der Waals surface area contributed by atoms with Crippen LogP contribution in [0.1, 0.15) is 29.0 Å². The van der Waals surface area contributed by atoms with E-state index in [1.54, 1.807) is 15.4 Å². The molecule has 0 radical (unpaired) electrons. The van der Waals surface area contributed by atoms with Crippen LogP contribution in [0.4, 0.5) is 10.7 Å². The van der Waals surface area contributed by atoms with Crippen molar-refractivity contribution in [3.8, 4) is 35.5 Å². The molecule has 3 N–H and O–H groups in total. The van der Waals surface area contributed by atoms with Crippen LogP contribution in [0.3, 0.4) is 0 Å². The Kier molecular flexibility index (Phi) is 11.6. The van der Waals surface area contributed by atoms with Crippen molar-refractivity contribution in [1.29, 1.82) is 0 Å². The number of carboxylic acids is 1. The molecule has 0 spiro atoms. The lowest BCUT2D eigenvalue weighted by Crippen LogP contribution is -2.36. The number of amides is 2. The number of aryl methyl sites for hydroxylation is 2. The third kappa shape index (κ3) is 8.34. The minimum Gasteiger partial charge on any atom is -0.481 e. The highest BCUT2D eigenvalue weighted by Crippen LogP contribution is 2.33. The second-order valence-electron chi connectivity index (χ2n) is 9.68. The first-order valence-electron chi connectivity index (χ1n) is 13.7. The van der Waals surface area contributed by atoms with Gasteiger partial charge in [-0.25, -0.2) is 19.1 Å². The monoisotopic (exact) mass is 757 g/mol. The molecular formula is C27H26Cl3N9O9S. The van der Waals surface area contributed by atoms with Gasteiger partial charge in [0.05, 0.1) is 36.0 Å². The predicted octanol–water partition coefficient (Wildman–Crippen LogP) is 2.78. The van der Waals surface area contributed by atoms with Gasteiger partial charge in [0.15, 0.2) is 10.2 Å². The van der Waals surface area contributed by atoms with Crippen molar-refractivity contribution < 1.29 is 37.3 Å². The first kappa shape index (κ1) is 36.8. The highest BCUT2D eigenvalue weighted by atomic mass is 35.5.